The molecule has 0 atom stereocenters. The molecule has 0 aromatic carbocycles. The molecule has 0 saturated heterocycles. The first-order valence-electron chi connectivity index (χ1n) is 9.24. The summed E-state index contributed by atoms with van der Waals surface area (Å²) in [7, 11) is 0. The molecule has 0 aromatic rings. The molecule has 0 aromatic heterocycles. The number of nitrogens with one attached hydrogen (secondary N) is 1. The fourth-order valence-corrected chi connectivity index (χ4v) is 1.87. The molecule has 0 aliphatic heterocycles. The second-order valence-electron chi connectivity index (χ2n) is 6.13. The molecule has 0 heterocycles. The molecule has 1 amide bonds. The SMILES string of the molecule is CCCCNC(=O)COCCOCCOCCOCCCC(C)C. The Morgan fingerprint density at radius 2 is 1.38 bits per heavy atom. The third-order valence-corrected chi connectivity index (χ3v) is 3.27. The first-order chi connectivity index (χ1) is 11.7. The quantitative estimate of drug-likeness (QED) is 0.386. The minimum Gasteiger partial charge on any atom is -0.379 e. The lowest BCUT2D eigenvalue weighted by Crippen LogP contribution is -2.29. The zero-order valence-electron chi connectivity index (χ0n) is 15.8. The van der Waals surface area contributed by atoms with Crippen LogP contribution in [0.1, 0.15) is 46.5 Å². The molecule has 144 valence electrons. The van der Waals surface area contributed by atoms with Crippen LogP contribution in [0.3, 0.4) is 0 Å². The molecule has 0 rings (SSSR count). The van der Waals surface area contributed by atoms with Gasteiger partial charge in [-0.25, -0.2) is 0 Å². The molecule has 0 aliphatic carbocycles. The van der Waals surface area contributed by atoms with Crippen LogP contribution < -0.4 is 5.32 Å². The molecule has 0 bridgehead atoms. The Kier molecular flexibility index (Phi) is 18.1. The van der Waals surface area contributed by atoms with Crippen LogP contribution in [0, 0.1) is 5.92 Å². The molecule has 1 N–H and O–H groups in total. The van der Waals surface area contributed by atoms with Gasteiger partial charge in [-0.1, -0.05) is 27.2 Å². The lowest BCUT2D eigenvalue weighted by atomic mass is 10.1. The van der Waals surface area contributed by atoms with Crippen molar-refractivity contribution in [3.05, 3.63) is 0 Å². The van der Waals surface area contributed by atoms with E-state index in [4.69, 9.17) is 18.9 Å². The topological polar surface area (TPSA) is 66.0 Å². The Morgan fingerprint density at radius 3 is 1.92 bits per heavy atom. The van der Waals surface area contributed by atoms with Crippen molar-refractivity contribution in [2.45, 2.75) is 46.5 Å². The van der Waals surface area contributed by atoms with Crippen LogP contribution >= 0.6 is 0 Å². The molecule has 0 fully saturated rings. The van der Waals surface area contributed by atoms with Gasteiger partial charge in [-0.05, 0) is 25.2 Å². The number of hydrogen-bond acceptors (Lipinski definition) is 5. The maximum absolute atomic E-state index is 11.3. The van der Waals surface area contributed by atoms with Crippen LogP contribution in [0.15, 0.2) is 0 Å². The summed E-state index contributed by atoms with van der Waals surface area (Å²) in [5.41, 5.74) is 0. The number of carbonyl (C=O) groups excluding carboxylic acids is 1. The van der Waals surface area contributed by atoms with Gasteiger partial charge < -0.3 is 24.3 Å². The Balaban J connectivity index is 3.08. The van der Waals surface area contributed by atoms with Crippen LogP contribution in [0.4, 0.5) is 0 Å². The summed E-state index contributed by atoms with van der Waals surface area (Å²) in [6, 6.07) is 0. The van der Waals surface area contributed by atoms with Crippen molar-refractivity contribution >= 4 is 5.91 Å². The van der Waals surface area contributed by atoms with Crippen molar-refractivity contribution < 1.29 is 23.7 Å². The maximum atomic E-state index is 11.3. The Labute approximate surface area is 147 Å². The van der Waals surface area contributed by atoms with Crippen molar-refractivity contribution in [1.29, 1.82) is 0 Å². The lowest BCUT2D eigenvalue weighted by molar-refractivity contribution is -0.126. The molecule has 6 heteroatoms. The van der Waals surface area contributed by atoms with Gasteiger partial charge in [0.05, 0.1) is 39.6 Å². The number of hydrogen-bond donors (Lipinski definition) is 1. The molecule has 24 heavy (non-hydrogen) atoms. The first kappa shape index (κ1) is 23.3. The average molecular weight is 347 g/mol. The van der Waals surface area contributed by atoms with E-state index < -0.39 is 0 Å². The van der Waals surface area contributed by atoms with E-state index in [0.29, 0.717) is 46.2 Å². The highest BCUT2D eigenvalue weighted by molar-refractivity contribution is 5.77. The zero-order chi connectivity index (χ0) is 17.9. The van der Waals surface area contributed by atoms with E-state index in [2.05, 4.69) is 26.1 Å². The van der Waals surface area contributed by atoms with Crippen LogP contribution in [0.25, 0.3) is 0 Å². The molecule has 0 unspecified atom stereocenters. The van der Waals surface area contributed by atoms with Gasteiger partial charge in [0.15, 0.2) is 0 Å². The van der Waals surface area contributed by atoms with E-state index in [-0.39, 0.29) is 12.5 Å². The summed E-state index contributed by atoms with van der Waals surface area (Å²) in [5.74, 6) is 0.668. The van der Waals surface area contributed by atoms with Gasteiger partial charge >= 0.3 is 0 Å². The van der Waals surface area contributed by atoms with E-state index in [0.717, 1.165) is 31.8 Å². The van der Waals surface area contributed by atoms with Gasteiger partial charge in [0.1, 0.15) is 6.61 Å². The summed E-state index contributed by atoms with van der Waals surface area (Å²) in [6.07, 6.45) is 4.38. The summed E-state index contributed by atoms with van der Waals surface area (Å²) < 4.78 is 21.5. The van der Waals surface area contributed by atoms with E-state index in [1.165, 1.54) is 6.42 Å². The van der Waals surface area contributed by atoms with Gasteiger partial charge in [-0.15, -0.1) is 0 Å². The van der Waals surface area contributed by atoms with Gasteiger partial charge in [0.25, 0.3) is 0 Å². The fourth-order valence-electron chi connectivity index (χ4n) is 1.87. The number of amides is 1. The van der Waals surface area contributed by atoms with Crippen molar-refractivity contribution in [1.82, 2.24) is 5.32 Å². The Bertz CT molecular complexity index is 274. The average Bonchev–Trinajstić information content (AvgIpc) is 2.55. The lowest BCUT2D eigenvalue weighted by Gasteiger charge is -2.08. The predicted molar refractivity (Wildman–Crippen MR) is 95.3 cm³/mol. The van der Waals surface area contributed by atoms with Gasteiger partial charge in [0.2, 0.25) is 5.91 Å². The van der Waals surface area contributed by atoms with E-state index in [1.807, 2.05) is 0 Å². The smallest absolute Gasteiger partial charge is 0.245 e. The number of rotatable bonds is 18. The normalized spacial score (nSPS) is 11.2. The molecule has 0 saturated carbocycles. The standard InChI is InChI=1S/C18H37NO5/c1-4-5-8-19-18(20)16-24-15-14-23-13-12-22-11-10-21-9-6-7-17(2)3/h17H,4-16H2,1-3H3,(H,19,20). The van der Waals surface area contributed by atoms with Gasteiger partial charge in [0, 0.05) is 13.2 Å². The number of ether oxygens (including phenoxy) is 4. The number of unbranched alkanes of at least 4 members (excludes halogenated alkanes) is 1. The van der Waals surface area contributed by atoms with Crippen molar-refractivity contribution in [2.75, 3.05) is 59.4 Å². The summed E-state index contributed by atoms with van der Waals surface area (Å²) >= 11 is 0. The first-order valence-corrected chi connectivity index (χ1v) is 9.24. The highest BCUT2D eigenvalue weighted by atomic mass is 16.6. The van der Waals surface area contributed by atoms with E-state index >= 15 is 0 Å². The van der Waals surface area contributed by atoms with Crippen LogP contribution in [0.2, 0.25) is 0 Å². The molecule has 0 radical (unpaired) electrons. The molecular weight excluding hydrogens is 310 g/mol. The Morgan fingerprint density at radius 1 is 0.833 bits per heavy atom. The molecule has 6 nitrogen and oxygen atoms in total. The fraction of sp³-hybridized carbons (Fsp3) is 0.944. The van der Waals surface area contributed by atoms with Gasteiger partial charge in [-0.2, -0.15) is 0 Å². The van der Waals surface area contributed by atoms with Crippen LogP contribution in [-0.4, -0.2) is 65.3 Å². The molecule has 0 spiro atoms. The monoisotopic (exact) mass is 347 g/mol. The Hall–Kier alpha value is -0.690. The highest BCUT2D eigenvalue weighted by Crippen LogP contribution is 2.02. The van der Waals surface area contributed by atoms with Gasteiger partial charge in [-0.3, -0.25) is 4.79 Å². The highest BCUT2D eigenvalue weighted by Gasteiger charge is 2.00. The van der Waals surface area contributed by atoms with Crippen molar-refractivity contribution in [3.63, 3.8) is 0 Å². The minimum absolute atomic E-state index is 0.0693. The van der Waals surface area contributed by atoms with Crippen molar-refractivity contribution in [2.24, 2.45) is 5.92 Å². The summed E-state index contributed by atoms with van der Waals surface area (Å²) in [6.45, 7) is 11.3. The minimum atomic E-state index is -0.0693. The third kappa shape index (κ3) is 19.4. The molecular formula is C18H37NO5. The second-order valence-corrected chi connectivity index (χ2v) is 6.13. The van der Waals surface area contributed by atoms with E-state index in [9.17, 15) is 4.79 Å². The van der Waals surface area contributed by atoms with Crippen molar-refractivity contribution in [3.8, 4) is 0 Å². The zero-order valence-corrected chi connectivity index (χ0v) is 15.8. The van der Waals surface area contributed by atoms with Crippen LogP contribution in [-0.2, 0) is 23.7 Å². The summed E-state index contributed by atoms with van der Waals surface area (Å²) in [4.78, 5) is 11.3. The van der Waals surface area contributed by atoms with E-state index in [1.54, 1.807) is 0 Å². The largest absolute Gasteiger partial charge is 0.379 e. The third-order valence-electron chi connectivity index (χ3n) is 3.27. The molecule has 0 aliphatic rings. The predicted octanol–water partition coefficient (Wildman–Crippen LogP) is 2.41. The summed E-state index contributed by atoms with van der Waals surface area (Å²) in [5, 5.41) is 2.80. The maximum Gasteiger partial charge on any atom is 0.245 e. The number of carbonyl (C=O) groups is 1. The second kappa shape index (κ2) is 18.6. The van der Waals surface area contributed by atoms with Crippen LogP contribution in [0.5, 0.6) is 0 Å².